The van der Waals surface area contributed by atoms with Crippen LogP contribution < -0.4 is 9.64 Å². The summed E-state index contributed by atoms with van der Waals surface area (Å²) in [5.74, 6) is 2.11. The van der Waals surface area contributed by atoms with E-state index in [9.17, 15) is 0 Å². The van der Waals surface area contributed by atoms with Crippen molar-refractivity contribution in [1.29, 1.82) is 0 Å². The first-order valence-electron chi connectivity index (χ1n) is 11.8. The second-order valence-corrected chi connectivity index (χ2v) is 10.1. The molecule has 0 atom stereocenters. The van der Waals surface area contributed by atoms with Crippen molar-refractivity contribution in [3.05, 3.63) is 62.6 Å². The summed E-state index contributed by atoms with van der Waals surface area (Å²) in [6.45, 7) is 10.6. The van der Waals surface area contributed by atoms with Gasteiger partial charge in [-0.3, -0.25) is 0 Å². The minimum Gasteiger partial charge on any atom is -0.497 e. The second-order valence-electron chi connectivity index (χ2n) is 9.10. The minimum absolute atomic E-state index is 0.875. The average Bonchev–Trinajstić information content (AvgIpc) is 3.50. The fourth-order valence-electron chi connectivity index (χ4n) is 5.09. The molecule has 5 rings (SSSR count). The van der Waals surface area contributed by atoms with Crippen LogP contribution in [0.1, 0.15) is 52.7 Å². The van der Waals surface area contributed by atoms with Gasteiger partial charge < -0.3 is 9.64 Å². The monoisotopic (exact) mass is 460 g/mol. The Labute approximate surface area is 200 Å². The Balaban J connectivity index is 1.71. The molecule has 1 aliphatic rings. The van der Waals surface area contributed by atoms with E-state index >= 15 is 0 Å². The van der Waals surface area contributed by atoms with Crippen molar-refractivity contribution in [1.82, 2.24) is 14.6 Å². The maximum absolute atomic E-state index is 5.44. The average molecular weight is 461 g/mol. The van der Waals surface area contributed by atoms with Gasteiger partial charge in [-0.25, -0.2) is 4.98 Å². The first kappa shape index (κ1) is 22.0. The van der Waals surface area contributed by atoms with Gasteiger partial charge in [-0.1, -0.05) is 13.0 Å². The molecule has 6 heteroatoms. The first-order chi connectivity index (χ1) is 16.0. The lowest BCUT2D eigenvalue weighted by molar-refractivity contribution is 0.414. The summed E-state index contributed by atoms with van der Waals surface area (Å²) in [6, 6.07) is 8.58. The van der Waals surface area contributed by atoms with Crippen LogP contribution in [0.5, 0.6) is 5.75 Å². The number of aromatic nitrogens is 3. The normalized spacial score (nSPS) is 13.0. The van der Waals surface area contributed by atoms with E-state index in [0.717, 1.165) is 61.4 Å². The molecule has 0 aliphatic heterocycles. The molecule has 0 unspecified atom stereocenters. The highest BCUT2D eigenvalue weighted by Crippen LogP contribution is 2.38. The summed E-state index contributed by atoms with van der Waals surface area (Å²) in [5.41, 5.74) is 9.44. The molecule has 0 saturated heterocycles. The summed E-state index contributed by atoms with van der Waals surface area (Å²) < 4.78 is 7.57. The van der Waals surface area contributed by atoms with Gasteiger partial charge in [0, 0.05) is 28.2 Å². The summed E-state index contributed by atoms with van der Waals surface area (Å²) in [5, 5.41) is 7.33. The second kappa shape index (κ2) is 8.82. The Morgan fingerprint density at radius 1 is 1.15 bits per heavy atom. The largest absolute Gasteiger partial charge is 0.497 e. The Bertz CT molecular complexity index is 1320. The van der Waals surface area contributed by atoms with E-state index in [2.05, 4.69) is 60.7 Å². The van der Waals surface area contributed by atoms with E-state index in [0.29, 0.717) is 0 Å². The van der Waals surface area contributed by atoms with Crippen LogP contribution in [0, 0.1) is 20.8 Å². The lowest BCUT2D eigenvalue weighted by Crippen LogP contribution is -2.27. The lowest BCUT2D eigenvalue weighted by Gasteiger charge is -2.26. The van der Waals surface area contributed by atoms with Gasteiger partial charge in [0.1, 0.15) is 11.6 Å². The summed E-state index contributed by atoms with van der Waals surface area (Å²) in [6.07, 6.45) is 4.37. The van der Waals surface area contributed by atoms with Crippen LogP contribution in [0.25, 0.3) is 16.8 Å². The van der Waals surface area contributed by atoms with Crippen LogP contribution in [0.3, 0.4) is 0 Å². The van der Waals surface area contributed by atoms with Crippen LogP contribution >= 0.6 is 11.3 Å². The third-order valence-electron chi connectivity index (χ3n) is 6.56. The van der Waals surface area contributed by atoms with Gasteiger partial charge in [-0.15, -0.1) is 11.3 Å². The van der Waals surface area contributed by atoms with Gasteiger partial charge in [0.05, 0.1) is 19.3 Å². The molecule has 0 N–H and O–H groups in total. The van der Waals surface area contributed by atoms with Gasteiger partial charge in [-0.05, 0) is 86.7 Å². The standard InChI is InChI=1S/C27H32N4OS/c1-6-12-30(15-21-13-17(2)16-33-21)27-23-8-7-9-24(23)28-26-25(19(4)29-31(26)27)22-11-10-20(32-5)14-18(22)3/h10-11,13-14,16H,6-9,12,15H2,1-5H3. The zero-order valence-electron chi connectivity index (χ0n) is 20.2. The molecule has 172 valence electrons. The number of nitrogens with zero attached hydrogens (tertiary/aromatic N) is 4. The van der Waals surface area contributed by atoms with E-state index in [1.54, 1.807) is 7.11 Å². The highest BCUT2D eigenvalue weighted by molar-refractivity contribution is 7.10. The zero-order valence-corrected chi connectivity index (χ0v) is 21.1. The van der Waals surface area contributed by atoms with Crippen molar-refractivity contribution in [3.8, 4) is 16.9 Å². The molecule has 1 aromatic carbocycles. The molecule has 0 bridgehead atoms. The molecule has 1 aliphatic carbocycles. The topological polar surface area (TPSA) is 42.7 Å². The third kappa shape index (κ3) is 3.90. The van der Waals surface area contributed by atoms with E-state index in [4.69, 9.17) is 14.8 Å². The van der Waals surface area contributed by atoms with E-state index < -0.39 is 0 Å². The molecule has 0 spiro atoms. The fraction of sp³-hybridized carbons (Fsp3) is 0.407. The Kier molecular flexibility index (Phi) is 5.87. The number of hydrogen-bond donors (Lipinski definition) is 0. The number of ether oxygens (including phenoxy) is 1. The van der Waals surface area contributed by atoms with Gasteiger partial charge in [0.2, 0.25) is 0 Å². The summed E-state index contributed by atoms with van der Waals surface area (Å²) in [7, 11) is 1.71. The molecule has 5 nitrogen and oxygen atoms in total. The highest BCUT2D eigenvalue weighted by Gasteiger charge is 2.27. The van der Waals surface area contributed by atoms with Gasteiger partial charge >= 0.3 is 0 Å². The molecule has 0 amide bonds. The lowest BCUT2D eigenvalue weighted by atomic mass is 10.0. The first-order valence-corrected chi connectivity index (χ1v) is 12.7. The van der Waals surface area contributed by atoms with E-state index in [1.807, 2.05) is 17.4 Å². The van der Waals surface area contributed by atoms with Crippen LogP contribution in [-0.4, -0.2) is 28.3 Å². The molecule has 0 radical (unpaired) electrons. The Morgan fingerprint density at radius 2 is 2.00 bits per heavy atom. The van der Waals surface area contributed by atoms with Crippen LogP contribution in [0.15, 0.2) is 29.6 Å². The predicted octanol–water partition coefficient (Wildman–Crippen LogP) is 6.30. The van der Waals surface area contributed by atoms with Gasteiger partial charge in [-0.2, -0.15) is 9.61 Å². The van der Waals surface area contributed by atoms with Crippen LogP contribution in [0.2, 0.25) is 0 Å². The fourth-order valence-corrected chi connectivity index (χ4v) is 5.98. The number of methoxy groups -OCH3 is 1. The maximum atomic E-state index is 5.44. The van der Waals surface area contributed by atoms with Crippen molar-refractivity contribution in [2.24, 2.45) is 0 Å². The summed E-state index contributed by atoms with van der Waals surface area (Å²) >= 11 is 1.85. The van der Waals surface area contributed by atoms with Gasteiger partial charge in [0.25, 0.3) is 0 Å². The molecule has 33 heavy (non-hydrogen) atoms. The predicted molar refractivity (Wildman–Crippen MR) is 137 cm³/mol. The number of rotatable bonds is 7. The molecular formula is C27H32N4OS. The van der Waals surface area contributed by atoms with Crippen LogP contribution in [0.4, 0.5) is 5.82 Å². The molecule has 3 aromatic heterocycles. The SMILES string of the molecule is CCCN(Cc1cc(C)cs1)c1c2c(nc3c(-c4ccc(OC)cc4C)c(C)nn13)CCC2. The van der Waals surface area contributed by atoms with E-state index in [1.165, 1.54) is 38.6 Å². The quantitative estimate of drug-likeness (QED) is 0.325. The van der Waals surface area contributed by atoms with Crippen molar-refractivity contribution >= 4 is 22.8 Å². The third-order valence-corrected chi connectivity index (χ3v) is 7.60. The number of benzene rings is 1. The zero-order chi connectivity index (χ0) is 23.1. The summed E-state index contributed by atoms with van der Waals surface area (Å²) in [4.78, 5) is 9.12. The number of hydrogen-bond acceptors (Lipinski definition) is 5. The van der Waals surface area contributed by atoms with Crippen molar-refractivity contribution in [2.45, 2.75) is 59.9 Å². The molecule has 3 heterocycles. The van der Waals surface area contributed by atoms with Gasteiger partial charge in [0.15, 0.2) is 5.65 Å². The number of thiophene rings is 1. The molecular weight excluding hydrogens is 428 g/mol. The number of aryl methyl sites for hydroxylation is 4. The van der Waals surface area contributed by atoms with Crippen molar-refractivity contribution in [2.75, 3.05) is 18.6 Å². The molecule has 4 aromatic rings. The van der Waals surface area contributed by atoms with Crippen molar-refractivity contribution < 1.29 is 4.74 Å². The molecule has 0 saturated carbocycles. The van der Waals surface area contributed by atoms with Crippen molar-refractivity contribution in [3.63, 3.8) is 0 Å². The minimum atomic E-state index is 0.875. The number of fused-ring (bicyclic) bond motifs is 2. The number of anilines is 1. The Hall–Kier alpha value is -2.86. The smallest absolute Gasteiger partial charge is 0.165 e. The Morgan fingerprint density at radius 3 is 2.70 bits per heavy atom. The maximum Gasteiger partial charge on any atom is 0.165 e. The van der Waals surface area contributed by atoms with E-state index in [-0.39, 0.29) is 0 Å². The van der Waals surface area contributed by atoms with Crippen LogP contribution in [-0.2, 0) is 19.4 Å². The molecule has 0 fully saturated rings. The highest BCUT2D eigenvalue weighted by atomic mass is 32.1.